The van der Waals surface area contributed by atoms with Crippen molar-refractivity contribution in [3.8, 4) is 0 Å². The van der Waals surface area contributed by atoms with Gasteiger partial charge in [-0.05, 0) is 66.6 Å². The molecule has 0 saturated carbocycles. The predicted octanol–water partition coefficient (Wildman–Crippen LogP) is 3.82. The zero-order chi connectivity index (χ0) is 22.7. The van der Waals surface area contributed by atoms with Crippen LogP contribution in [0.25, 0.3) is 6.08 Å². The summed E-state index contributed by atoms with van der Waals surface area (Å²) in [7, 11) is 0. The lowest BCUT2D eigenvalue weighted by Crippen LogP contribution is -2.36. The summed E-state index contributed by atoms with van der Waals surface area (Å²) < 4.78 is 5.41. The van der Waals surface area contributed by atoms with Crippen LogP contribution in [-0.2, 0) is 14.3 Å². The van der Waals surface area contributed by atoms with Gasteiger partial charge >= 0.3 is 0 Å². The van der Waals surface area contributed by atoms with Crippen molar-refractivity contribution in [2.45, 2.75) is 13.8 Å². The molecule has 0 bridgehead atoms. The molecule has 0 aromatic heterocycles. The molecule has 2 aliphatic heterocycles. The standard InChI is InChI=1S/C24H25N3O4S/c1-16-5-3-4-6-20(16)25-22(28)15-27-23(29)21(32-24(27)30)14-18-7-8-19(13-17(18)2)26-9-11-31-12-10-26/h3-8,13-14H,9-12,15H2,1-2H3,(H,25,28)/b21-14-. The van der Waals surface area contributed by atoms with Crippen LogP contribution >= 0.6 is 11.8 Å². The number of amides is 3. The van der Waals surface area contributed by atoms with Crippen LogP contribution in [0.5, 0.6) is 0 Å². The van der Waals surface area contributed by atoms with Crippen molar-refractivity contribution in [2.24, 2.45) is 0 Å². The van der Waals surface area contributed by atoms with Gasteiger partial charge in [0.2, 0.25) is 5.91 Å². The van der Waals surface area contributed by atoms with E-state index in [1.54, 1.807) is 12.1 Å². The number of imide groups is 1. The number of carbonyl (C=O) groups is 3. The van der Waals surface area contributed by atoms with E-state index in [0.29, 0.717) is 23.8 Å². The second-order valence-corrected chi connectivity index (χ2v) is 8.76. The van der Waals surface area contributed by atoms with Gasteiger partial charge in [0.05, 0.1) is 18.1 Å². The van der Waals surface area contributed by atoms with Crippen molar-refractivity contribution in [3.63, 3.8) is 0 Å². The predicted molar refractivity (Wildman–Crippen MR) is 127 cm³/mol. The molecule has 0 spiro atoms. The number of benzene rings is 2. The van der Waals surface area contributed by atoms with E-state index in [-0.39, 0.29) is 6.54 Å². The number of ether oxygens (including phenoxy) is 1. The van der Waals surface area contributed by atoms with Gasteiger partial charge in [-0.3, -0.25) is 19.3 Å². The van der Waals surface area contributed by atoms with Crippen molar-refractivity contribution >= 4 is 46.3 Å². The minimum absolute atomic E-state index is 0.314. The Morgan fingerprint density at radius 1 is 1.09 bits per heavy atom. The number of para-hydroxylation sites is 1. The fourth-order valence-electron chi connectivity index (χ4n) is 3.66. The summed E-state index contributed by atoms with van der Waals surface area (Å²) in [5, 5.41) is 2.32. The molecule has 2 heterocycles. The Labute approximate surface area is 191 Å². The molecular formula is C24H25N3O4S. The first-order valence-electron chi connectivity index (χ1n) is 10.5. The molecule has 8 heteroatoms. The van der Waals surface area contributed by atoms with Crippen molar-refractivity contribution in [1.29, 1.82) is 0 Å². The minimum Gasteiger partial charge on any atom is -0.378 e. The number of aryl methyl sites for hydroxylation is 2. The average Bonchev–Trinajstić information content (AvgIpc) is 3.04. The first-order valence-corrected chi connectivity index (χ1v) is 11.3. The topological polar surface area (TPSA) is 79.0 Å². The van der Waals surface area contributed by atoms with E-state index in [0.717, 1.165) is 52.1 Å². The summed E-state index contributed by atoms with van der Waals surface area (Å²) in [5.74, 6) is -0.856. The van der Waals surface area contributed by atoms with Crippen LogP contribution in [0, 0.1) is 13.8 Å². The van der Waals surface area contributed by atoms with Gasteiger partial charge in [-0.1, -0.05) is 24.3 Å². The SMILES string of the molecule is Cc1cc(N2CCOCC2)ccc1/C=C1\SC(=O)N(CC(=O)Nc2ccccc2C)C1=O. The molecule has 3 amide bonds. The van der Waals surface area contributed by atoms with Crippen molar-refractivity contribution < 1.29 is 19.1 Å². The van der Waals surface area contributed by atoms with E-state index >= 15 is 0 Å². The van der Waals surface area contributed by atoms with E-state index in [9.17, 15) is 14.4 Å². The third-order valence-corrected chi connectivity index (χ3v) is 6.42. The summed E-state index contributed by atoms with van der Waals surface area (Å²) in [6.45, 7) is 6.67. The van der Waals surface area contributed by atoms with Crippen LogP contribution in [0.15, 0.2) is 47.4 Å². The van der Waals surface area contributed by atoms with Gasteiger partial charge in [0, 0.05) is 24.5 Å². The first-order chi connectivity index (χ1) is 15.4. The lowest BCUT2D eigenvalue weighted by atomic mass is 10.1. The van der Waals surface area contributed by atoms with Gasteiger partial charge in [0.25, 0.3) is 11.1 Å². The first kappa shape index (κ1) is 22.1. The van der Waals surface area contributed by atoms with E-state index in [2.05, 4.69) is 16.3 Å². The second kappa shape index (κ2) is 9.58. The third kappa shape index (κ3) is 4.87. The van der Waals surface area contributed by atoms with Crippen LogP contribution in [0.3, 0.4) is 0 Å². The second-order valence-electron chi connectivity index (χ2n) is 7.77. The number of hydrogen-bond acceptors (Lipinski definition) is 6. The van der Waals surface area contributed by atoms with Crippen LogP contribution < -0.4 is 10.2 Å². The highest BCUT2D eigenvalue weighted by Crippen LogP contribution is 2.33. The molecule has 7 nitrogen and oxygen atoms in total. The van der Waals surface area contributed by atoms with Crippen LogP contribution in [0.2, 0.25) is 0 Å². The normalized spacial score (nSPS) is 17.9. The molecule has 0 atom stereocenters. The number of hydrogen-bond donors (Lipinski definition) is 1. The van der Waals surface area contributed by atoms with Crippen molar-refractivity contribution in [1.82, 2.24) is 4.90 Å². The Morgan fingerprint density at radius 3 is 2.56 bits per heavy atom. The molecule has 2 aromatic carbocycles. The molecule has 1 N–H and O–H groups in total. The van der Waals surface area contributed by atoms with Gasteiger partial charge in [0.15, 0.2) is 0 Å². The lowest BCUT2D eigenvalue weighted by molar-refractivity contribution is -0.127. The molecule has 2 aromatic rings. The molecule has 2 fully saturated rings. The highest BCUT2D eigenvalue weighted by atomic mass is 32.2. The smallest absolute Gasteiger partial charge is 0.294 e. The highest BCUT2D eigenvalue weighted by molar-refractivity contribution is 8.18. The highest BCUT2D eigenvalue weighted by Gasteiger charge is 2.36. The molecule has 32 heavy (non-hydrogen) atoms. The maximum atomic E-state index is 12.8. The summed E-state index contributed by atoms with van der Waals surface area (Å²) in [4.78, 5) is 41.2. The molecule has 166 valence electrons. The van der Waals surface area contributed by atoms with Gasteiger partial charge < -0.3 is 15.0 Å². The van der Waals surface area contributed by atoms with Gasteiger partial charge in [0.1, 0.15) is 6.54 Å². The minimum atomic E-state index is -0.448. The summed E-state index contributed by atoms with van der Waals surface area (Å²) >= 11 is 0.861. The molecule has 2 aliphatic rings. The van der Waals surface area contributed by atoms with E-state index < -0.39 is 17.1 Å². The maximum absolute atomic E-state index is 12.8. The summed E-state index contributed by atoms with van der Waals surface area (Å²) in [5.41, 5.74) is 4.57. The maximum Gasteiger partial charge on any atom is 0.294 e. The number of anilines is 2. The van der Waals surface area contributed by atoms with Gasteiger partial charge in [-0.15, -0.1) is 0 Å². The monoisotopic (exact) mass is 451 g/mol. The molecule has 0 radical (unpaired) electrons. The number of morpholine rings is 1. The van der Waals surface area contributed by atoms with Crippen molar-refractivity contribution in [3.05, 3.63) is 64.1 Å². The molecule has 0 aliphatic carbocycles. The van der Waals surface area contributed by atoms with E-state index in [4.69, 9.17) is 4.74 Å². The zero-order valence-electron chi connectivity index (χ0n) is 18.1. The quantitative estimate of drug-likeness (QED) is 0.697. The number of thioether (sulfide) groups is 1. The summed E-state index contributed by atoms with van der Waals surface area (Å²) in [6, 6.07) is 13.4. The van der Waals surface area contributed by atoms with E-state index in [1.807, 2.05) is 44.2 Å². The van der Waals surface area contributed by atoms with Crippen LogP contribution in [0.4, 0.5) is 16.2 Å². The number of nitrogens with one attached hydrogen (secondary N) is 1. The van der Waals surface area contributed by atoms with Gasteiger partial charge in [-0.25, -0.2) is 0 Å². The zero-order valence-corrected chi connectivity index (χ0v) is 18.9. The fraction of sp³-hybridized carbons (Fsp3) is 0.292. The number of carbonyl (C=O) groups excluding carboxylic acids is 3. The van der Waals surface area contributed by atoms with Crippen molar-refractivity contribution in [2.75, 3.05) is 43.1 Å². The third-order valence-electron chi connectivity index (χ3n) is 5.51. The fourth-order valence-corrected chi connectivity index (χ4v) is 4.49. The Morgan fingerprint density at radius 2 is 1.84 bits per heavy atom. The van der Waals surface area contributed by atoms with E-state index in [1.165, 1.54) is 0 Å². The molecule has 4 rings (SSSR count). The lowest BCUT2D eigenvalue weighted by Gasteiger charge is -2.29. The molecule has 0 unspecified atom stereocenters. The van der Waals surface area contributed by atoms with Crippen LogP contribution in [0.1, 0.15) is 16.7 Å². The Balaban J connectivity index is 1.45. The van der Waals surface area contributed by atoms with Crippen LogP contribution in [-0.4, -0.2) is 54.8 Å². The average molecular weight is 452 g/mol. The Bertz CT molecular complexity index is 1090. The summed E-state index contributed by atoms with van der Waals surface area (Å²) in [6.07, 6.45) is 1.72. The molecule has 2 saturated heterocycles. The largest absolute Gasteiger partial charge is 0.378 e. The Hall–Kier alpha value is -3.10. The molecular weight excluding hydrogens is 426 g/mol. The Kier molecular flexibility index (Phi) is 6.62. The van der Waals surface area contributed by atoms with Gasteiger partial charge in [-0.2, -0.15) is 0 Å². The number of rotatable bonds is 5. The number of nitrogens with zero attached hydrogens (tertiary/aromatic N) is 2.